The first-order chi connectivity index (χ1) is 35.2. The van der Waals surface area contributed by atoms with Gasteiger partial charge in [-0.1, -0.05) is 13.0 Å². The standard InChI is InChI=1S/C52H64BrN12O7P/c1-6-33-26-39(57-51-54-29-37(53)48(59-51)56-38-13-12-35-36(47(38)73(4,5)70)28-55-64(7-2)50(35)68)44(71-8-3)27-43(33)62-20-17-34(18-21-62)61-24-22-60(23-25-61)30-32-16-19-63(31-32)40-10-9-11-41-46(40)72-52(69)65(41)42-14-15-45(66)58-49(42)67/h9-13,26-29,32,34,42H,6-8,14-25,30-31H2,1-5H3,(H,58,66,67)(H2,54,56,57,59)/t32-,42?/m1/s1. The Hall–Kier alpha value is -6.08. The second kappa shape index (κ2) is 21.0. The van der Waals surface area contributed by atoms with Crippen LogP contribution in [-0.4, -0.2) is 131 Å². The second-order valence-electron chi connectivity index (χ2n) is 19.9. The topological polar surface area (TPSA) is 205 Å². The number of piperazine rings is 1. The van der Waals surface area contributed by atoms with Crippen molar-refractivity contribution < 1.29 is 23.3 Å². The quantitative estimate of drug-likeness (QED) is 0.0726. The molecule has 3 aromatic heterocycles. The van der Waals surface area contributed by atoms with Gasteiger partial charge in [0.2, 0.25) is 17.8 Å². The van der Waals surface area contributed by atoms with E-state index in [2.05, 4.69) is 80.6 Å². The van der Waals surface area contributed by atoms with Gasteiger partial charge >= 0.3 is 5.76 Å². The summed E-state index contributed by atoms with van der Waals surface area (Å²) in [5, 5.41) is 15.1. The van der Waals surface area contributed by atoms with Gasteiger partial charge in [0, 0.05) is 107 Å². The fourth-order valence-corrected chi connectivity index (χ4v) is 13.1. The molecular weight excluding hydrogens is 1020 g/mol. The number of nitrogens with one attached hydrogen (secondary N) is 3. The first-order valence-electron chi connectivity index (χ1n) is 25.6. The average Bonchev–Trinajstić information content (AvgIpc) is 3.98. The number of benzene rings is 3. The molecule has 0 saturated carbocycles. The number of imide groups is 1. The molecule has 2 atom stereocenters. The fraction of sp³-hybridized carbons (Fsp3) is 0.481. The molecule has 0 bridgehead atoms. The highest BCUT2D eigenvalue weighted by Crippen LogP contribution is 2.42. The summed E-state index contributed by atoms with van der Waals surface area (Å²) >= 11 is 3.61. The number of fused-ring (bicyclic) bond motifs is 2. The van der Waals surface area contributed by atoms with Crippen molar-refractivity contribution in [1.29, 1.82) is 0 Å². The molecule has 1 unspecified atom stereocenters. The predicted octanol–water partition coefficient (Wildman–Crippen LogP) is 6.66. The normalized spacial score (nSPS) is 19.5. The Morgan fingerprint density at radius 1 is 0.863 bits per heavy atom. The zero-order valence-electron chi connectivity index (χ0n) is 42.2. The van der Waals surface area contributed by atoms with E-state index in [0.29, 0.717) is 80.0 Å². The van der Waals surface area contributed by atoms with Crippen molar-refractivity contribution in [3.05, 3.63) is 85.8 Å². The number of oxazole rings is 1. The van der Waals surface area contributed by atoms with Gasteiger partial charge in [-0.25, -0.2) is 14.5 Å². The lowest BCUT2D eigenvalue weighted by atomic mass is 9.99. The van der Waals surface area contributed by atoms with Crippen LogP contribution >= 0.6 is 23.1 Å². The summed E-state index contributed by atoms with van der Waals surface area (Å²) in [5.41, 5.74) is 5.44. The molecule has 19 nitrogen and oxygen atoms in total. The maximum Gasteiger partial charge on any atom is 0.420 e. The lowest BCUT2D eigenvalue weighted by Gasteiger charge is -2.44. The van der Waals surface area contributed by atoms with Gasteiger partial charge in [-0.05, 0) is 117 Å². The van der Waals surface area contributed by atoms with E-state index in [4.69, 9.17) is 14.1 Å². The summed E-state index contributed by atoms with van der Waals surface area (Å²) < 4.78 is 29.3. The Bertz CT molecular complexity index is 3250. The summed E-state index contributed by atoms with van der Waals surface area (Å²) in [7, 11) is -2.91. The highest BCUT2D eigenvalue weighted by molar-refractivity contribution is 9.10. The molecule has 0 aliphatic carbocycles. The minimum absolute atomic E-state index is 0.184. The molecule has 2 amide bonds. The largest absolute Gasteiger partial charge is 0.492 e. The third-order valence-electron chi connectivity index (χ3n) is 15.0. The van der Waals surface area contributed by atoms with E-state index in [-0.39, 0.29) is 24.3 Å². The van der Waals surface area contributed by atoms with E-state index < -0.39 is 24.8 Å². The van der Waals surface area contributed by atoms with Crippen LogP contribution in [0.2, 0.25) is 0 Å². The summed E-state index contributed by atoms with van der Waals surface area (Å²) in [6, 6.07) is 13.3. The van der Waals surface area contributed by atoms with Gasteiger partial charge in [0.15, 0.2) is 5.58 Å². The van der Waals surface area contributed by atoms with Crippen LogP contribution in [0.5, 0.6) is 5.75 Å². The molecule has 3 N–H and O–H groups in total. The molecule has 6 aromatic rings. The summed E-state index contributed by atoms with van der Waals surface area (Å²) in [6.07, 6.45) is 7.78. The Morgan fingerprint density at radius 3 is 2.37 bits per heavy atom. The predicted molar refractivity (Wildman–Crippen MR) is 290 cm³/mol. The number of hydrogen-bond donors (Lipinski definition) is 3. The molecule has 73 heavy (non-hydrogen) atoms. The lowest BCUT2D eigenvalue weighted by Crippen LogP contribution is -2.54. The highest BCUT2D eigenvalue weighted by atomic mass is 79.9. The number of hydrogen-bond acceptors (Lipinski definition) is 16. The van der Waals surface area contributed by atoms with Crippen LogP contribution in [0.1, 0.15) is 64.5 Å². The Labute approximate surface area is 432 Å². The lowest BCUT2D eigenvalue weighted by molar-refractivity contribution is -0.135. The Morgan fingerprint density at radius 2 is 1.64 bits per heavy atom. The molecule has 0 spiro atoms. The number of rotatable bonds is 15. The number of aromatic nitrogens is 5. The van der Waals surface area contributed by atoms with Crippen LogP contribution in [0, 0.1) is 5.92 Å². The van der Waals surface area contributed by atoms with Crippen molar-refractivity contribution in [3.8, 4) is 5.75 Å². The van der Waals surface area contributed by atoms with Crippen LogP contribution in [0.4, 0.5) is 34.5 Å². The first kappa shape index (κ1) is 50.5. The molecular formula is C52H64BrN12O7P. The van der Waals surface area contributed by atoms with E-state index in [1.807, 2.05) is 32.0 Å². The molecule has 386 valence electrons. The number of carbonyl (C=O) groups excluding carboxylic acids is 2. The van der Waals surface area contributed by atoms with E-state index >= 15 is 0 Å². The van der Waals surface area contributed by atoms with E-state index in [0.717, 1.165) is 96.0 Å². The van der Waals surface area contributed by atoms with Crippen LogP contribution in [0.25, 0.3) is 21.9 Å². The Balaban J connectivity index is 0.753. The smallest absolute Gasteiger partial charge is 0.420 e. The third kappa shape index (κ3) is 10.3. The van der Waals surface area contributed by atoms with Crippen molar-refractivity contribution in [3.63, 3.8) is 0 Å². The SMILES string of the molecule is CCOc1cc(N2CCC(N3CCN(C[C@H]4CCN(c5cccc6c5oc(=O)n6C5CCC(=O)NC5=O)C4)CC3)CC2)c(CC)cc1Nc1ncc(Br)c(Nc2ccc3c(=O)n(CC)ncc3c2P(C)(C)=O)n1. The maximum atomic E-state index is 13.8. The van der Waals surface area contributed by atoms with Crippen molar-refractivity contribution in [2.75, 3.05) is 99.3 Å². The fourth-order valence-electron chi connectivity index (χ4n) is 11.3. The summed E-state index contributed by atoms with van der Waals surface area (Å²) in [4.78, 5) is 70.3. The number of nitrogens with zero attached hydrogens (tertiary/aromatic N) is 9. The van der Waals surface area contributed by atoms with Crippen molar-refractivity contribution >= 4 is 96.6 Å². The van der Waals surface area contributed by atoms with Gasteiger partial charge in [-0.2, -0.15) is 10.1 Å². The highest BCUT2D eigenvalue weighted by Gasteiger charge is 2.35. The van der Waals surface area contributed by atoms with Crippen molar-refractivity contribution in [2.24, 2.45) is 5.92 Å². The molecule has 21 heteroatoms. The second-order valence-corrected chi connectivity index (χ2v) is 23.9. The van der Waals surface area contributed by atoms with Crippen molar-refractivity contribution in [2.45, 2.75) is 77.9 Å². The summed E-state index contributed by atoms with van der Waals surface area (Å²) in [6.45, 7) is 19.1. The first-order valence-corrected chi connectivity index (χ1v) is 29.0. The zero-order valence-corrected chi connectivity index (χ0v) is 44.6. The van der Waals surface area contributed by atoms with Crippen LogP contribution in [0.15, 0.2) is 73.3 Å². The number of piperidine rings is 2. The average molecular weight is 1080 g/mol. The number of para-hydroxylation sites is 1. The molecule has 10 rings (SSSR count). The molecule has 4 fully saturated rings. The van der Waals surface area contributed by atoms with Gasteiger partial charge in [0.25, 0.3) is 5.56 Å². The van der Waals surface area contributed by atoms with Gasteiger partial charge in [-0.3, -0.25) is 29.2 Å². The van der Waals surface area contributed by atoms with Gasteiger partial charge < -0.3 is 39.1 Å². The van der Waals surface area contributed by atoms with E-state index in [1.54, 1.807) is 37.9 Å². The van der Waals surface area contributed by atoms with Crippen LogP contribution < -0.4 is 47.1 Å². The van der Waals surface area contributed by atoms with Crippen LogP contribution in [-0.2, 0) is 27.1 Å². The number of carbonyl (C=O) groups is 2. The maximum absolute atomic E-state index is 13.8. The molecule has 4 aliphatic heterocycles. The third-order valence-corrected chi connectivity index (χ3v) is 17.1. The molecule has 0 radical (unpaired) electrons. The van der Waals surface area contributed by atoms with E-state index in [1.165, 1.54) is 20.5 Å². The van der Waals surface area contributed by atoms with E-state index in [9.17, 15) is 23.7 Å². The molecule has 7 heterocycles. The monoisotopic (exact) mass is 1080 g/mol. The number of aryl methyl sites for hydroxylation is 2. The number of ether oxygens (including phenoxy) is 1. The molecule has 3 aromatic carbocycles. The van der Waals surface area contributed by atoms with Gasteiger partial charge in [0.1, 0.15) is 24.8 Å². The van der Waals surface area contributed by atoms with Gasteiger partial charge in [-0.15, -0.1) is 0 Å². The number of halogens is 1. The minimum atomic E-state index is -2.91. The molecule has 4 aliphatic rings. The minimum Gasteiger partial charge on any atom is -0.492 e. The number of amides is 2. The van der Waals surface area contributed by atoms with Crippen molar-refractivity contribution in [1.82, 2.24) is 39.4 Å². The zero-order chi connectivity index (χ0) is 51.1. The van der Waals surface area contributed by atoms with Crippen LogP contribution in [0.3, 0.4) is 0 Å². The summed E-state index contributed by atoms with van der Waals surface area (Å²) in [5.74, 6) is 0.645. The van der Waals surface area contributed by atoms with Gasteiger partial charge in [0.05, 0.1) is 45.2 Å². The Kier molecular flexibility index (Phi) is 14.5. The number of anilines is 6. The molecule has 4 saturated heterocycles.